The second-order valence-electron chi connectivity index (χ2n) is 6.46. The summed E-state index contributed by atoms with van der Waals surface area (Å²) in [4.78, 5) is 4.99. The van der Waals surface area contributed by atoms with E-state index >= 15 is 0 Å². The van der Waals surface area contributed by atoms with Crippen molar-refractivity contribution in [3.05, 3.63) is 84.8 Å². The van der Waals surface area contributed by atoms with Crippen molar-refractivity contribution in [1.29, 1.82) is 0 Å². The fourth-order valence-corrected chi connectivity index (χ4v) is 3.39. The van der Waals surface area contributed by atoms with Crippen LogP contribution in [0.4, 0.5) is 0 Å². The molecule has 0 atom stereocenters. The first-order chi connectivity index (χ1) is 13.3. The lowest BCUT2D eigenvalue weighted by Crippen LogP contribution is -1.97. The summed E-state index contributed by atoms with van der Waals surface area (Å²) in [6.45, 7) is 0.530. The summed E-state index contributed by atoms with van der Waals surface area (Å²) in [5.41, 5.74) is 12.7. The maximum absolute atomic E-state index is 5.75. The Labute approximate surface area is 156 Å². The number of nitrogens with zero attached hydrogens (tertiary/aromatic N) is 4. The van der Waals surface area contributed by atoms with Crippen molar-refractivity contribution in [1.82, 2.24) is 19.6 Å². The van der Waals surface area contributed by atoms with Crippen LogP contribution < -0.4 is 5.73 Å². The molecule has 130 valence electrons. The summed E-state index contributed by atoms with van der Waals surface area (Å²) in [5.74, 6) is 0. The quantitative estimate of drug-likeness (QED) is 0.532. The molecule has 3 heterocycles. The third-order valence-electron chi connectivity index (χ3n) is 4.81. The number of benzene rings is 2. The van der Waals surface area contributed by atoms with Crippen LogP contribution in [0, 0.1) is 0 Å². The van der Waals surface area contributed by atoms with Crippen molar-refractivity contribution in [3.8, 4) is 22.4 Å². The molecule has 3 aromatic heterocycles. The molecule has 5 rings (SSSR count). The Hall–Kier alpha value is -3.57. The lowest BCUT2D eigenvalue weighted by atomic mass is 9.97. The summed E-state index contributed by atoms with van der Waals surface area (Å²) >= 11 is 0. The zero-order valence-corrected chi connectivity index (χ0v) is 14.6. The van der Waals surface area contributed by atoms with Crippen LogP contribution in [0.15, 0.2) is 79.3 Å². The first-order valence-corrected chi connectivity index (χ1v) is 8.81. The number of hydrogen-bond donors (Lipinski definition) is 1. The first kappa shape index (κ1) is 15.7. The molecule has 5 aromatic rings. The van der Waals surface area contributed by atoms with Gasteiger partial charge in [-0.05, 0) is 23.3 Å². The number of nitrogens with two attached hydrogens (primary N) is 1. The molecule has 5 nitrogen and oxygen atoms in total. The van der Waals surface area contributed by atoms with E-state index in [0.717, 1.165) is 44.5 Å². The van der Waals surface area contributed by atoms with Crippen LogP contribution in [0.2, 0.25) is 0 Å². The highest BCUT2D eigenvalue weighted by molar-refractivity contribution is 5.98. The van der Waals surface area contributed by atoms with Crippen molar-refractivity contribution in [2.24, 2.45) is 5.73 Å². The minimum atomic E-state index is 0.530. The summed E-state index contributed by atoms with van der Waals surface area (Å²) in [7, 11) is 0. The fraction of sp³-hybridized carbons (Fsp3) is 0.0455. The van der Waals surface area contributed by atoms with Gasteiger partial charge in [0.2, 0.25) is 0 Å². The molecule has 0 bridgehead atoms. The van der Waals surface area contributed by atoms with E-state index in [1.54, 1.807) is 6.33 Å². The fourth-order valence-electron chi connectivity index (χ4n) is 3.39. The number of aromatic nitrogens is 4. The maximum atomic E-state index is 5.75. The lowest BCUT2D eigenvalue weighted by Gasteiger charge is -2.12. The molecule has 2 N–H and O–H groups in total. The van der Waals surface area contributed by atoms with Crippen molar-refractivity contribution < 1.29 is 0 Å². The van der Waals surface area contributed by atoms with Crippen LogP contribution in [-0.4, -0.2) is 19.6 Å². The van der Waals surface area contributed by atoms with Crippen molar-refractivity contribution in [3.63, 3.8) is 0 Å². The Kier molecular flexibility index (Phi) is 3.66. The lowest BCUT2D eigenvalue weighted by molar-refractivity contribution is 1.07. The van der Waals surface area contributed by atoms with E-state index in [1.165, 1.54) is 0 Å². The number of pyridine rings is 2. The van der Waals surface area contributed by atoms with Gasteiger partial charge in [-0.2, -0.15) is 0 Å². The molecule has 27 heavy (non-hydrogen) atoms. The molecular formula is C22H17N5. The van der Waals surface area contributed by atoms with Gasteiger partial charge < -0.3 is 5.73 Å². The van der Waals surface area contributed by atoms with Gasteiger partial charge in [-0.3, -0.25) is 4.40 Å². The molecule has 0 fully saturated rings. The monoisotopic (exact) mass is 351 g/mol. The van der Waals surface area contributed by atoms with Crippen LogP contribution in [0.1, 0.15) is 5.56 Å². The third kappa shape index (κ3) is 2.65. The van der Waals surface area contributed by atoms with E-state index in [4.69, 9.17) is 10.7 Å². The van der Waals surface area contributed by atoms with E-state index in [-0.39, 0.29) is 0 Å². The predicted molar refractivity (Wildman–Crippen MR) is 107 cm³/mol. The second-order valence-corrected chi connectivity index (χ2v) is 6.46. The summed E-state index contributed by atoms with van der Waals surface area (Å²) in [5, 5.41) is 9.28. The maximum Gasteiger partial charge on any atom is 0.170 e. The number of fused-ring (bicyclic) bond motifs is 3. The van der Waals surface area contributed by atoms with Crippen LogP contribution in [-0.2, 0) is 6.54 Å². The van der Waals surface area contributed by atoms with Gasteiger partial charge in [0.1, 0.15) is 6.33 Å². The number of rotatable bonds is 3. The van der Waals surface area contributed by atoms with Gasteiger partial charge in [-0.15, -0.1) is 10.2 Å². The van der Waals surface area contributed by atoms with Crippen LogP contribution in [0.3, 0.4) is 0 Å². The molecular weight excluding hydrogens is 334 g/mol. The van der Waals surface area contributed by atoms with E-state index < -0.39 is 0 Å². The molecule has 0 unspecified atom stereocenters. The first-order valence-electron chi connectivity index (χ1n) is 8.81. The molecule has 0 amide bonds. The highest BCUT2D eigenvalue weighted by Gasteiger charge is 2.14. The SMILES string of the molecule is NCc1ccc(-c2nc3ccn4cnnc4c3cc2-c2ccccc2)cc1. The topological polar surface area (TPSA) is 69.1 Å². The Balaban J connectivity index is 1.83. The van der Waals surface area contributed by atoms with E-state index in [2.05, 4.69) is 52.7 Å². The average molecular weight is 351 g/mol. The van der Waals surface area contributed by atoms with Gasteiger partial charge in [-0.25, -0.2) is 4.98 Å². The molecule has 0 aliphatic heterocycles. The molecule has 0 saturated heterocycles. The van der Waals surface area contributed by atoms with Gasteiger partial charge in [-0.1, -0.05) is 54.6 Å². The average Bonchev–Trinajstić information content (AvgIpc) is 3.23. The van der Waals surface area contributed by atoms with Gasteiger partial charge in [0, 0.05) is 29.3 Å². The van der Waals surface area contributed by atoms with Crippen LogP contribution in [0.5, 0.6) is 0 Å². The molecule has 0 spiro atoms. The Morgan fingerprint density at radius 3 is 2.48 bits per heavy atom. The van der Waals surface area contributed by atoms with Crippen molar-refractivity contribution in [2.45, 2.75) is 6.54 Å². The molecule has 0 aliphatic rings. The van der Waals surface area contributed by atoms with Crippen LogP contribution in [0.25, 0.3) is 38.9 Å². The minimum absolute atomic E-state index is 0.530. The normalized spacial score (nSPS) is 11.3. The van der Waals surface area contributed by atoms with E-state index in [0.29, 0.717) is 6.54 Å². The third-order valence-corrected chi connectivity index (χ3v) is 4.81. The van der Waals surface area contributed by atoms with Gasteiger partial charge in [0.05, 0.1) is 11.2 Å². The van der Waals surface area contributed by atoms with E-state index in [9.17, 15) is 0 Å². The minimum Gasteiger partial charge on any atom is -0.326 e. The highest BCUT2D eigenvalue weighted by atomic mass is 15.2. The predicted octanol–water partition coefficient (Wildman–Crippen LogP) is 4.07. The Morgan fingerprint density at radius 2 is 1.70 bits per heavy atom. The van der Waals surface area contributed by atoms with Gasteiger partial charge in [0.15, 0.2) is 5.65 Å². The molecule has 0 aliphatic carbocycles. The van der Waals surface area contributed by atoms with Crippen molar-refractivity contribution >= 4 is 16.6 Å². The summed E-state index contributed by atoms with van der Waals surface area (Å²) < 4.78 is 1.91. The molecule has 2 aromatic carbocycles. The van der Waals surface area contributed by atoms with Gasteiger partial charge >= 0.3 is 0 Å². The van der Waals surface area contributed by atoms with E-state index in [1.807, 2.05) is 34.9 Å². The summed E-state index contributed by atoms with van der Waals surface area (Å²) in [6, 6.07) is 22.7. The largest absolute Gasteiger partial charge is 0.326 e. The Morgan fingerprint density at radius 1 is 0.889 bits per heavy atom. The van der Waals surface area contributed by atoms with Crippen LogP contribution >= 0.6 is 0 Å². The highest BCUT2D eigenvalue weighted by Crippen LogP contribution is 2.34. The molecule has 0 radical (unpaired) electrons. The second kappa shape index (κ2) is 6.30. The Bertz CT molecular complexity index is 1240. The standard InChI is InChI=1S/C22H17N5/c23-13-15-6-8-17(9-7-15)21-18(16-4-2-1-3-5-16)12-19-20(25-21)10-11-27-14-24-26-22(19)27/h1-12,14H,13,23H2. The molecule has 0 saturated carbocycles. The van der Waals surface area contributed by atoms with Crippen molar-refractivity contribution in [2.75, 3.05) is 0 Å². The smallest absolute Gasteiger partial charge is 0.170 e. The zero-order valence-electron chi connectivity index (χ0n) is 14.6. The van der Waals surface area contributed by atoms with Gasteiger partial charge in [0.25, 0.3) is 0 Å². The molecule has 5 heteroatoms. The number of hydrogen-bond acceptors (Lipinski definition) is 4. The zero-order chi connectivity index (χ0) is 18.2. The summed E-state index contributed by atoms with van der Waals surface area (Å²) in [6.07, 6.45) is 3.64.